The number of rotatable bonds is 2. The lowest BCUT2D eigenvalue weighted by atomic mass is 9.93. The van der Waals surface area contributed by atoms with E-state index in [4.69, 9.17) is 4.52 Å². The number of nitrogens with one attached hydrogen (secondary N) is 1. The minimum absolute atomic E-state index is 0.150. The van der Waals surface area contributed by atoms with Gasteiger partial charge in [0.2, 0.25) is 0 Å². The van der Waals surface area contributed by atoms with Gasteiger partial charge in [0.25, 0.3) is 5.91 Å². The number of aromatic nitrogens is 3. The average Bonchev–Trinajstić information content (AvgIpc) is 2.78. The van der Waals surface area contributed by atoms with Crippen LogP contribution in [0.2, 0.25) is 0 Å². The van der Waals surface area contributed by atoms with Crippen molar-refractivity contribution in [1.82, 2.24) is 15.1 Å². The molecule has 1 N–H and O–H groups in total. The molecule has 6 nitrogen and oxygen atoms in total. The van der Waals surface area contributed by atoms with Crippen molar-refractivity contribution in [3.05, 3.63) is 36.1 Å². The molecule has 0 aliphatic heterocycles. The molecule has 0 aliphatic carbocycles. The van der Waals surface area contributed by atoms with Crippen LogP contribution in [0.15, 0.2) is 29.2 Å². The van der Waals surface area contributed by atoms with E-state index in [1.165, 1.54) is 18.6 Å². The number of carbonyl (C=O) groups excluding carboxylic acids is 1. The van der Waals surface area contributed by atoms with Gasteiger partial charge in [-0.15, -0.1) is 0 Å². The molecule has 2 rings (SSSR count). The average molecular weight is 246 g/mol. The normalized spacial score (nSPS) is 11.3. The van der Waals surface area contributed by atoms with Crippen LogP contribution in [0.1, 0.15) is 37.0 Å². The van der Waals surface area contributed by atoms with Crippen molar-refractivity contribution in [2.24, 2.45) is 0 Å². The van der Waals surface area contributed by atoms with E-state index in [9.17, 15) is 4.79 Å². The van der Waals surface area contributed by atoms with Gasteiger partial charge in [-0.2, -0.15) is 0 Å². The highest BCUT2D eigenvalue weighted by molar-refractivity contribution is 6.02. The molecule has 0 spiro atoms. The zero-order valence-corrected chi connectivity index (χ0v) is 10.5. The highest BCUT2D eigenvalue weighted by Crippen LogP contribution is 2.24. The molecule has 0 aromatic carbocycles. The molecule has 0 unspecified atom stereocenters. The molecule has 0 saturated carbocycles. The van der Waals surface area contributed by atoms with E-state index in [0.717, 1.165) is 0 Å². The van der Waals surface area contributed by atoms with Crippen molar-refractivity contribution in [2.75, 3.05) is 5.32 Å². The summed E-state index contributed by atoms with van der Waals surface area (Å²) < 4.78 is 5.17. The number of nitrogens with zero attached hydrogens (tertiary/aromatic N) is 3. The van der Waals surface area contributed by atoms with Crippen molar-refractivity contribution in [3.63, 3.8) is 0 Å². The molecule has 18 heavy (non-hydrogen) atoms. The maximum atomic E-state index is 11.8. The van der Waals surface area contributed by atoms with Gasteiger partial charge in [0.1, 0.15) is 11.5 Å². The van der Waals surface area contributed by atoms with E-state index in [0.29, 0.717) is 11.6 Å². The summed E-state index contributed by atoms with van der Waals surface area (Å²) in [7, 11) is 0. The van der Waals surface area contributed by atoms with Crippen LogP contribution in [0.4, 0.5) is 5.82 Å². The Labute approximate surface area is 104 Å². The summed E-state index contributed by atoms with van der Waals surface area (Å²) >= 11 is 0. The maximum absolute atomic E-state index is 11.8. The van der Waals surface area contributed by atoms with Gasteiger partial charge in [-0.05, 0) is 0 Å². The summed E-state index contributed by atoms with van der Waals surface area (Å²) in [6, 6.07) is 1.70. The Balaban J connectivity index is 2.11. The summed E-state index contributed by atoms with van der Waals surface area (Å²) in [5, 5.41) is 6.40. The lowest BCUT2D eigenvalue weighted by Gasteiger charge is -2.11. The van der Waals surface area contributed by atoms with Crippen LogP contribution in [-0.4, -0.2) is 21.0 Å². The van der Waals surface area contributed by atoms with Crippen molar-refractivity contribution in [3.8, 4) is 0 Å². The molecular weight excluding hydrogens is 232 g/mol. The molecule has 1 amide bonds. The summed E-state index contributed by atoms with van der Waals surface area (Å²) in [6.07, 6.45) is 4.35. The number of amides is 1. The molecule has 2 aromatic heterocycles. The second kappa shape index (κ2) is 4.56. The highest BCUT2D eigenvalue weighted by atomic mass is 16.5. The largest absolute Gasteiger partial charge is 0.359 e. The zero-order chi connectivity index (χ0) is 13.2. The first kappa shape index (κ1) is 12.2. The quantitative estimate of drug-likeness (QED) is 0.876. The second-order valence-electron chi connectivity index (χ2n) is 4.87. The molecule has 94 valence electrons. The molecule has 0 fully saturated rings. The number of hydrogen-bond acceptors (Lipinski definition) is 5. The van der Waals surface area contributed by atoms with E-state index in [2.05, 4.69) is 20.4 Å². The van der Waals surface area contributed by atoms with Gasteiger partial charge in [-0.1, -0.05) is 25.9 Å². The fourth-order valence-electron chi connectivity index (χ4n) is 1.28. The summed E-state index contributed by atoms with van der Waals surface area (Å²) in [5.41, 5.74) is 0.0838. The molecule has 0 atom stereocenters. The van der Waals surface area contributed by atoms with Crippen molar-refractivity contribution >= 4 is 11.7 Å². The topological polar surface area (TPSA) is 80.9 Å². The third-order valence-corrected chi connectivity index (χ3v) is 2.29. The lowest BCUT2D eigenvalue weighted by Crippen LogP contribution is -2.14. The fraction of sp³-hybridized carbons (Fsp3) is 0.333. The Morgan fingerprint density at radius 2 is 2.11 bits per heavy atom. The molecule has 0 radical (unpaired) electrons. The lowest BCUT2D eigenvalue weighted by molar-refractivity contribution is 0.102. The summed E-state index contributed by atoms with van der Waals surface area (Å²) in [4.78, 5) is 19.5. The summed E-state index contributed by atoms with van der Waals surface area (Å²) in [5.74, 6) is 0.712. The smallest absolute Gasteiger partial charge is 0.277 e. The predicted octanol–water partition coefficient (Wildman–Crippen LogP) is 2.01. The molecule has 0 saturated heterocycles. The van der Waals surface area contributed by atoms with Gasteiger partial charge in [-0.3, -0.25) is 9.78 Å². The molecule has 2 aromatic rings. The maximum Gasteiger partial charge on any atom is 0.277 e. The van der Waals surface area contributed by atoms with Gasteiger partial charge in [0.05, 0.1) is 6.20 Å². The number of hydrogen-bond donors (Lipinski definition) is 1. The minimum Gasteiger partial charge on any atom is -0.359 e. The molecule has 0 bridgehead atoms. The van der Waals surface area contributed by atoms with Gasteiger partial charge < -0.3 is 9.84 Å². The Hall–Kier alpha value is -2.24. The Morgan fingerprint density at radius 1 is 1.33 bits per heavy atom. The van der Waals surface area contributed by atoms with Gasteiger partial charge >= 0.3 is 0 Å². The minimum atomic E-state index is -0.364. The van der Waals surface area contributed by atoms with Gasteiger partial charge in [0, 0.05) is 23.9 Å². The van der Waals surface area contributed by atoms with Crippen molar-refractivity contribution in [1.29, 1.82) is 0 Å². The zero-order valence-electron chi connectivity index (χ0n) is 10.5. The van der Waals surface area contributed by atoms with E-state index in [1.54, 1.807) is 6.07 Å². The Kier molecular flexibility index (Phi) is 3.10. The van der Waals surface area contributed by atoms with Crippen LogP contribution < -0.4 is 5.32 Å². The fourth-order valence-corrected chi connectivity index (χ4v) is 1.28. The van der Waals surface area contributed by atoms with Crippen LogP contribution in [-0.2, 0) is 5.41 Å². The van der Waals surface area contributed by atoms with Crippen LogP contribution in [0.5, 0.6) is 0 Å². The standard InChI is InChI=1S/C12H14N4O2/c1-12(2,3)9-6-10(16-18-9)15-11(17)8-7-13-4-5-14-8/h4-7H,1-3H3,(H,15,16,17). The molecular formula is C12H14N4O2. The van der Waals surface area contributed by atoms with E-state index in [1.807, 2.05) is 20.8 Å². The first-order chi connectivity index (χ1) is 8.47. The Morgan fingerprint density at radius 3 is 2.67 bits per heavy atom. The third kappa shape index (κ3) is 2.71. The van der Waals surface area contributed by atoms with Gasteiger partial charge in [-0.25, -0.2) is 4.98 Å². The highest BCUT2D eigenvalue weighted by Gasteiger charge is 2.20. The molecule has 2 heterocycles. The SMILES string of the molecule is CC(C)(C)c1cc(NC(=O)c2cnccn2)no1. The van der Waals surface area contributed by atoms with E-state index >= 15 is 0 Å². The predicted molar refractivity (Wildman–Crippen MR) is 65.2 cm³/mol. The third-order valence-electron chi connectivity index (χ3n) is 2.29. The number of anilines is 1. The van der Waals surface area contributed by atoms with Gasteiger partial charge in [0.15, 0.2) is 5.82 Å². The second-order valence-corrected chi connectivity index (χ2v) is 4.87. The van der Waals surface area contributed by atoms with Crippen LogP contribution in [0.25, 0.3) is 0 Å². The monoisotopic (exact) mass is 246 g/mol. The first-order valence-corrected chi connectivity index (χ1v) is 5.51. The first-order valence-electron chi connectivity index (χ1n) is 5.51. The van der Waals surface area contributed by atoms with E-state index in [-0.39, 0.29) is 17.0 Å². The Bertz CT molecular complexity index is 543. The van der Waals surface area contributed by atoms with Crippen molar-refractivity contribution < 1.29 is 9.32 Å². The van der Waals surface area contributed by atoms with Crippen LogP contribution in [0, 0.1) is 0 Å². The molecule has 6 heteroatoms. The number of carbonyl (C=O) groups is 1. The summed E-state index contributed by atoms with van der Waals surface area (Å²) in [6.45, 7) is 6.01. The van der Waals surface area contributed by atoms with Crippen LogP contribution in [0.3, 0.4) is 0 Å². The van der Waals surface area contributed by atoms with Crippen molar-refractivity contribution in [2.45, 2.75) is 26.2 Å². The van der Waals surface area contributed by atoms with Crippen LogP contribution >= 0.6 is 0 Å². The molecule has 0 aliphatic rings. The van der Waals surface area contributed by atoms with E-state index < -0.39 is 0 Å².